The van der Waals surface area contributed by atoms with Crippen LogP contribution in [0.15, 0.2) is 11.4 Å². The summed E-state index contributed by atoms with van der Waals surface area (Å²) in [6.07, 6.45) is 0. The van der Waals surface area contributed by atoms with Crippen LogP contribution in [0.25, 0.3) is 0 Å². The fourth-order valence-corrected chi connectivity index (χ4v) is 1.73. The van der Waals surface area contributed by atoms with Gasteiger partial charge in [0, 0.05) is 4.88 Å². The Kier molecular flexibility index (Phi) is 3.05. The summed E-state index contributed by atoms with van der Waals surface area (Å²) in [4.78, 5) is 6.16. The van der Waals surface area contributed by atoms with Gasteiger partial charge in [-0.2, -0.15) is 5.48 Å². The van der Waals surface area contributed by atoms with E-state index in [0.717, 1.165) is 0 Å². The van der Waals surface area contributed by atoms with Gasteiger partial charge in [-0.05, 0) is 30.9 Å². The van der Waals surface area contributed by atoms with Crippen LogP contribution in [0.1, 0.15) is 23.4 Å². The third-order valence-electron chi connectivity index (χ3n) is 1.55. The molecule has 0 spiro atoms. The zero-order chi connectivity index (χ0) is 8.27. The van der Waals surface area contributed by atoms with Crippen LogP contribution >= 0.6 is 11.3 Å². The highest BCUT2D eigenvalue weighted by Gasteiger charge is 2.04. The van der Waals surface area contributed by atoms with Gasteiger partial charge >= 0.3 is 0 Å². The second kappa shape index (κ2) is 3.85. The minimum atomic E-state index is 0.282. The van der Waals surface area contributed by atoms with E-state index in [4.69, 9.17) is 4.84 Å². The van der Waals surface area contributed by atoms with Crippen molar-refractivity contribution in [2.45, 2.75) is 19.9 Å². The smallest absolute Gasteiger partial charge is 0.0572 e. The van der Waals surface area contributed by atoms with Crippen LogP contribution in [0.5, 0.6) is 0 Å². The lowest BCUT2D eigenvalue weighted by Crippen LogP contribution is -2.15. The molecule has 1 aromatic rings. The second-order valence-corrected chi connectivity index (χ2v) is 3.65. The predicted octanol–water partition coefficient (Wildman–Crippen LogP) is 2.27. The van der Waals surface area contributed by atoms with Gasteiger partial charge in [0.05, 0.1) is 13.2 Å². The lowest BCUT2D eigenvalue weighted by Gasteiger charge is -2.08. The number of aryl methyl sites for hydroxylation is 1. The first-order valence-electron chi connectivity index (χ1n) is 3.57. The molecule has 0 saturated carbocycles. The molecule has 0 aliphatic carbocycles. The Hall–Kier alpha value is -0.380. The van der Waals surface area contributed by atoms with E-state index in [1.165, 1.54) is 10.4 Å². The van der Waals surface area contributed by atoms with Crippen molar-refractivity contribution in [1.29, 1.82) is 0 Å². The van der Waals surface area contributed by atoms with Gasteiger partial charge in [-0.25, -0.2) is 0 Å². The van der Waals surface area contributed by atoms with Gasteiger partial charge in [0.25, 0.3) is 0 Å². The highest BCUT2D eigenvalue weighted by Crippen LogP contribution is 2.19. The Morgan fingerprint density at radius 2 is 2.36 bits per heavy atom. The summed E-state index contributed by atoms with van der Waals surface area (Å²) in [5, 5.41) is 2.14. The highest BCUT2D eigenvalue weighted by molar-refractivity contribution is 7.10. The lowest BCUT2D eigenvalue weighted by atomic mass is 10.2. The van der Waals surface area contributed by atoms with Crippen LogP contribution in [0, 0.1) is 6.92 Å². The molecule has 0 aromatic carbocycles. The average Bonchev–Trinajstić information content (AvgIpc) is 2.36. The fourth-order valence-electron chi connectivity index (χ4n) is 0.936. The van der Waals surface area contributed by atoms with Crippen molar-refractivity contribution in [3.05, 3.63) is 21.9 Å². The summed E-state index contributed by atoms with van der Waals surface area (Å²) < 4.78 is 0. The zero-order valence-electron chi connectivity index (χ0n) is 7.05. The Bertz CT molecular complexity index is 222. The third-order valence-corrected chi connectivity index (χ3v) is 2.43. The molecule has 0 aliphatic heterocycles. The molecule has 0 radical (unpaired) electrons. The van der Waals surface area contributed by atoms with Crippen LogP contribution in [0.2, 0.25) is 0 Å². The Balaban J connectivity index is 2.60. The maximum Gasteiger partial charge on any atom is 0.0572 e. The highest BCUT2D eigenvalue weighted by atomic mass is 32.1. The third kappa shape index (κ3) is 2.29. The zero-order valence-corrected chi connectivity index (χ0v) is 7.87. The summed E-state index contributed by atoms with van der Waals surface area (Å²) in [6, 6.07) is 2.45. The molecule has 0 amide bonds. The van der Waals surface area contributed by atoms with E-state index < -0.39 is 0 Å². The van der Waals surface area contributed by atoms with Gasteiger partial charge < -0.3 is 4.84 Å². The van der Waals surface area contributed by atoms with Crippen LogP contribution in [-0.4, -0.2) is 7.11 Å². The maximum atomic E-state index is 4.82. The molecule has 0 fully saturated rings. The molecular weight excluding hydrogens is 158 g/mol. The van der Waals surface area contributed by atoms with Crippen LogP contribution in [-0.2, 0) is 4.84 Å². The largest absolute Gasteiger partial charge is 0.305 e. The topological polar surface area (TPSA) is 21.3 Å². The predicted molar refractivity (Wildman–Crippen MR) is 47.6 cm³/mol. The molecule has 1 atom stereocenters. The number of nitrogens with one attached hydrogen (secondary N) is 1. The standard InChI is InChI=1S/C8H13NOS/c1-6-4-8(5-11-6)7(2)9-10-3/h4-5,7,9H,1-3H3. The molecule has 1 aromatic heterocycles. The molecule has 11 heavy (non-hydrogen) atoms. The number of hydrogen-bond donors (Lipinski definition) is 1. The molecule has 1 heterocycles. The fraction of sp³-hybridized carbons (Fsp3) is 0.500. The number of rotatable bonds is 3. The Morgan fingerprint density at radius 1 is 1.64 bits per heavy atom. The molecule has 3 heteroatoms. The van der Waals surface area contributed by atoms with Crippen LogP contribution in [0.4, 0.5) is 0 Å². The van der Waals surface area contributed by atoms with Crippen molar-refractivity contribution in [2.24, 2.45) is 0 Å². The summed E-state index contributed by atoms with van der Waals surface area (Å²) >= 11 is 1.76. The van der Waals surface area contributed by atoms with Crippen molar-refractivity contribution in [3.63, 3.8) is 0 Å². The van der Waals surface area contributed by atoms with Crippen molar-refractivity contribution >= 4 is 11.3 Å². The van der Waals surface area contributed by atoms with Crippen molar-refractivity contribution in [2.75, 3.05) is 7.11 Å². The van der Waals surface area contributed by atoms with Crippen molar-refractivity contribution in [3.8, 4) is 0 Å². The van der Waals surface area contributed by atoms with Crippen LogP contribution < -0.4 is 5.48 Å². The van der Waals surface area contributed by atoms with E-state index in [1.807, 2.05) is 0 Å². The Labute approximate surface area is 71.1 Å². The summed E-state index contributed by atoms with van der Waals surface area (Å²) in [7, 11) is 1.63. The first-order valence-corrected chi connectivity index (χ1v) is 4.45. The number of hydrogen-bond acceptors (Lipinski definition) is 3. The van der Waals surface area contributed by atoms with E-state index in [0.29, 0.717) is 0 Å². The van der Waals surface area contributed by atoms with E-state index in [9.17, 15) is 0 Å². The van der Waals surface area contributed by atoms with Gasteiger partial charge in [0.2, 0.25) is 0 Å². The average molecular weight is 171 g/mol. The minimum Gasteiger partial charge on any atom is -0.305 e. The monoisotopic (exact) mass is 171 g/mol. The number of thiophene rings is 1. The van der Waals surface area contributed by atoms with E-state index >= 15 is 0 Å². The van der Waals surface area contributed by atoms with E-state index in [2.05, 4.69) is 30.8 Å². The normalized spacial score (nSPS) is 13.4. The summed E-state index contributed by atoms with van der Waals surface area (Å²) in [5.74, 6) is 0. The van der Waals surface area contributed by atoms with Crippen LogP contribution in [0.3, 0.4) is 0 Å². The quantitative estimate of drug-likeness (QED) is 0.704. The molecule has 1 rings (SSSR count). The molecule has 0 saturated heterocycles. The van der Waals surface area contributed by atoms with E-state index in [1.54, 1.807) is 18.4 Å². The summed E-state index contributed by atoms with van der Waals surface area (Å²) in [6.45, 7) is 4.18. The van der Waals surface area contributed by atoms with Gasteiger partial charge in [-0.15, -0.1) is 11.3 Å². The molecule has 62 valence electrons. The van der Waals surface area contributed by atoms with E-state index in [-0.39, 0.29) is 6.04 Å². The van der Waals surface area contributed by atoms with Gasteiger partial charge in [0.1, 0.15) is 0 Å². The van der Waals surface area contributed by atoms with Crippen molar-refractivity contribution in [1.82, 2.24) is 5.48 Å². The van der Waals surface area contributed by atoms with Crippen molar-refractivity contribution < 1.29 is 4.84 Å². The Morgan fingerprint density at radius 3 is 2.82 bits per heavy atom. The molecule has 0 aliphatic rings. The minimum absolute atomic E-state index is 0.282. The first kappa shape index (κ1) is 8.71. The molecule has 1 N–H and O–H groups in total. The SMILES string of the molecule is CONC(C)c1csc(C)c1. The first-order chi connectivity index (χ1) is 5.24. The van der Waals surface area contributed by atoms with Gasteiger partial charge in [0.15, 0.2) is 0 Å². The molecule has 0 bridgehead atoms. The van der Waals surface area contributed by atoms with Gasteiger partial charge in [-0.1, -0.05) is 0 Å². The second-order valence-electron chi connectivity index (χ2n) is 2.53. The molecule has 1 unspecified atom stereocenters. The molecule has 2 nitrogen and oxygen atoms in total. The lowest BCUT2D eigenvalue weighted by molar-refractivity contribution is 0.0660. The summed E-state index contributed by atoms with van der Waals surface area (Å²) in [5.41, 5.74) is 4.17. The number of hydroxylamine groups is 1. The maximum absolute atomic E-state index is 4.82. The molecular formula is C8H13NOS. The van der Waals surface area contributed by atoms with Gasteiger partial charge in [-0.3, -0.25) is 0 Å².